The van der Waals surface area contributed by atoms with Crippen molar-refractivity contribution < 1.29 is 23.0 Å². The maximum atomic E-state index is 11.9. The molecule has 0 N–H and O–H groups in total. The van der Waals surface area contributed by atoms with Gasteiger partial charge in [-0.2, -0.15) is 8.78 Å². The first-order valence-corrected chi connectivity index (χ1v) is 4.84. The van der Waals surface area contributed by atoms with Crippen LogP contribution in [0.5, 0.6) is 5.75 Å². The number of alkyl halides is 2. The van der Waals surface area contributed by atoms with Crippen LogP contribution in [0.15, 0.2) is 30.3 Å². The fourth-order valence-electron chi connectivity index (χ4n) is 1.22. The second-order valence-corrected chi connectivity index (χ2v) is 3.25. The zero-order valence-corrected chi connectivity index (χ0v) is 9.44. The molecule has 0 aliphatic rings. The minimum absolute atomic E-state index is 0.0784. The molecule has 0 amide bonds. The van der Waals surface area contributed by atoms with Crippen LogP contribution in [-0.2, 0) is 9.53 Å². The molecule has 0 aromatic heterocycles. The molecule has 0 aliphatic carbocycles. The molecular formula is C12H12F2O3. The van der Waals surface area contributed by atoms with Crippen molar-refractivity contribution in [3.63, 3.8) is 0 Å². The van der Waals surface area contributed by atoms with Crippen molar-refractivity contribution in [2.75, 3.05) is 7.11 Å². The highest BCUT2D eigenvalue weighted by molar-refractivity contribution is 5.90. The Labute approximate surface area is 97.7 Å². The lowest BCUT2D eigenvalue weighted by Gasteiger charge is -2.05. The van der Waals surface area contributed by atoms with Crippen LogP contribution in [-0.4, -0.2) is 19.7 Å². The zero-order valence-electron chi connectivity index (χ0n) is 9.44. The topological polar surface area (TPSA) is 35.5 Å². The lowest BCUT2D eigenvalue weighted by molar-refractivity contribution is -0.134. The van der Waals surface area contributed by atoms with Gasteiger partial charge in [0.15, 0.2) is 0 Å². The highest BCUT2D eigenvalue weighted by Gasteiger charge is 2.05. The van der Waals surface area contributed by atoms with Crippen LogP contribution >= 0.6 is 0 Å². The van der Waals surface area contributed by atoms with E-state index in [2.05, 4.69) is 9.47 Å². The number of carbonyl (C=O) groups is 1. The Balaban J connectivity index is 2.80. The fourth-order valence-corrected chi connectivity index (χ4v) is 1.22. The molecule has 0 aliphatic heterocycles. The number of benzene rings is 1. The third-order valence-electron chi connectivity index (χ3n) is 2.07. The van der Waals surface area contributed by atoms with E-state index in [1.807, 2.05) is 0 Å². The molecule has 1 aromatic rings. The second-order valence-electron chi connectivity index (χ2n) is 3.25. The summed E-state index contributed by atoms with van der Waals surface area (Å²) >= 11 is 0. The summed E-state index contributed by atoms with van der Waals surface area (Å²) in [6, 6.07) is 6.01. The molecule has 17 heavy (non-hydrogen) atoms. The molecule has 0 spiro atoms. The van der Waals surface area contributed by atoms with Crippen LogP contribution < -0.4 is 4.74 Å². The van der Waals surface area contributed by atoms with Crippen LogP contribution in [0.2, 0.25) is 0 Å². The first kappa shape index (κ1) is 13.2. The molecule has 0 radical (unpaired) electrons. The first-order valence-electron chi connectivity index (χ1n) is 4.84. The number of hydrogen-bond donors (Lipinski definition) is 0. The van der Waals surface area contributed by atoms with Gasteiger partial charge < -0.3 is 9.47 Å². The Hall–Kier alpha value is -1.91. The fraction of sp³-hybridized carbons (Fsp3) is 0.250. The van der Waals surface area contributed by atoms with Gasteiger partial charge >= 0.3 is 12.6 Å². The summed E-state index contributed by atoms with van der Waals surface area (Å²) in [6.07, 6.45) is 1.32. The summed E-state index contributed by atoms with van der Waals surface area (Å²) in [5, 5.41) is 0. The van der Waals surface area contributed by atoms with Gasteiger partial charge in [-0.25, -0.2) is 4.79 Å². The number of allylic oxidation sites excluding steroid dienone is 1. The maximum absolute atomic E-state index is 11.9. The van der Waals surface area contributed by atoms with Crippen LogP contribution in [0.3, 0.4) is 0 Å². The quantitative estimate of drug-likeness (QED) is 0.601. The minimum atomic E-state index is -2.84. The smallest absolute Gasteiger partial charge is 0.387 e. The molecule has 1 rings (SSSR count). The first-order chi connectivity index (χ1) is 8.02. The summed E-state index contributed by atoms with van der Waals surface area (Å²) in [5.41, 5.74) is 1.41. The van der Waals surface area contributed by atoms with Gasteiger partial charge in [0, 0.05) is 6.08 Å². The predicted octanol–water partition coefficient (Wildman–Crippen LogP) is 2.86. The number of carbonyl (C=O) groups excluding carboxylic acids is 1. The highest BCUT2D eigenvalue weighted by atomic mass is 19.3. The van der Waals surface area contributed by atoms with Gasteiger partial charge in [0.25, 0.3) is 0 Å². The molecule has 0 fully saturated rings. The predicted molar refractivity (Wildman–Crippen MR) is 58.7 cm³/mol. The van der Waals surface area contributed by atoms with Crippen molar-refractivity contribution in [1.29, 1.82) is 0 Å². The van der Waals surface area contributed by atoms with Crippen LogP contribution in [0.4, 0.5) is 8.78 Å². The summed E-state index contributed by atoms with van der Waals surface area (Å²) in [5.74, 6) is -0.384. The van der Waals surface area contributed by atoms with E-state index in [4.69, 9.17) is 0 Å². The lowest BCUT2D eigenvalue weighted by atomic mass is 10.1. The number of methoxy groups -OCH3 is 1. The Morgan fingerprint density at radius 2 is 1.88 bits per heavy atom. The Morgan fingerprint density at radius 3 is 2.35 bits per heavy atom. The average Bonchev–Trinajstić information content (AvgIpc) is 2.28. The van der Waals surface area contributed by atoms with Crippen molar-refractivity contribution in [3.8, 4) is 5.75 Å². The molecule has 3 nitrogen and oxygen atoms in total. The standard InChI is InChI=1S/C12H12F2O3/c1-8(7-11(15)16-2)9-3-5-10(6-4-9)17-12(13)14/h3-7,12H,1-2H3/b8-7-. The number of rotatable bonds is 4. The van der Waals surface area contributed by atoms with E-state index in [0.29, 0.717) is 5.57 Å². The van der Waals surface area contributed by atoms with E-state index in [1.165, 1.54) is 25.3 Å². The van der Waals surface area contributed by atoms with Gasteiger partial charge in [-0.1, -0.05) is 12.1 Å². The van der Waals surface area contributed by atoms with Crippen molar-refractivity contribution in [1.82, 2.24) is 0 Å². The average molecular weight is 242 g/mol. The molecule has 1 aromatic carbocycles. The van der Waals surface area contributed by atoms with Gasteiger partial charge in [0.1, 0.15) is 5.75 Å². The third kappa shape index (κ3) is 4.22. The Morgan fingerprint density at radius 1 is 1.29 bits per heavy atom. The molecule has 0 bridgehead atoms. The SMILES string of the molecule is COC(=O)/C=C(/C)c1ccc(OC(F)F)cc1. The van der Waals surface area contributed by atoms with Crippen LogP contribution in [0.25, 0.3) is 5.57 Å². The van der Waals surface area contributed by atoms with Gasteiger partial charge in [0.05, 0.1) is 7.11 Å². The van der Waals surface area contributed by atoms with Crippen molar-refractivity contribution in [2.24, 2.45) is 0 Å². The molecule has 0 heterocycles. The monoisotopic (exact) mass is 242 g/mol. The third-order valence-corrected chi connectivity index (χ3v) is 2.07. The van der Waals surface area contributed by atoms with Gasteiger partial charge in [0.2, 0.25) is 0 Å². The summed E-state index contributed by atoms with van der Waals surface area (Å²) in [4.78, 5) is 11.0. The molecule has 0 atom stereocenters. The lowest BCUT2D eigenvalue weighted by Crippen LogP contribution is -2.01. The van der Waals surface area contributed by atoms with E-state index < -0.39 is 12.6 Å². The van der Waals surface area contributed by atoms with E-state index in [-0.39, 0.29) is 5.75 Å². The van der Waals surface area contributed by atoms with Gasteiger partial charge in [-0.05, 0) is 30.2 Å². The molecule has 0 saturated carbocycles. The number of esters is 1. The number of ether oxygens (including phenoxy) is 2. The second kappa shape index (κ2) is 5.98. The number of hydrogen-bond acceptors (Lipinski definition) is 3. The largest absolute Gasteiger partial charge is 0.466 e. The Kier molecular flexibility index (Phi) is 4.63. The van der Waals surface area contributed by atoms with Crippen LogP contribution in [0.1, 0.15) is 12.5 Å². The molecule has 0 unspecified atom stereocenters. The molecule has 92 valence electrons. The van der Waals surface area contributed by atoms with Gasteiger partial charge in [-0.15, -0.1) is 0 Å². The Bertz CT molecular complexity index is 410. The van der Waals surface area contributed by atoms with Gasteiger partial charge in [-0.3, -0.25) is 0 Å². The zero-order chi connectivity index (χ0) is 12.8. The summed E-state index contributed by atoms with van der Waals surface area (Å²) < 4.78 is 32.5. The summed E-state index contributed by atoms with van der Waals surface area (Å²) in [7, 11) is 1.28. The van der Waals surface area contributed by atoms with E-state index in [1.54, 1.807) is 19.1 Å². The van der Waals surface area contributed by atoms with E-state index in [0.717, 1.165) is 5.56 Å². The highest BCUT2D eigenvalue weighted by Crippen LogP contribution is 2.19. The molecule has 5 heteroatoms. The number of halogens is 2. The van der Waals surface area contributed by atoms with E-state index >= 15 is 0 Å². The molecular weight excluding hydrogens is 230 g/mol. The summed E-state index contributed by atoms with van der Waals surface area (Å²) in [6.45, 7) is -1.12. The maximum Gasteiger partial charge on any atom is 0.387 e. The van der Waals surface area contributed by atoms with Crippen molar-refractivity contribution >= 4 is 11.5 Å². The van der Waals surface area contributed by atoms with Crippen molar-refractivity contribution in [3.05, 3.63) is 35.9 Å². The molecule has 0 saturated heterocycles. The normalized spacial score (nSPS) is 11.5. The van der Waals surface area contributed by atoms with Crippen LogP contribution in [0, 0.1) is 0 Å². The van der Waals surface area contributed by atoms with E-state index in [9.17, 15) is 13.6 Å². The minimum Gasteiger partial charge on any atom is -0.466 e. The van der Waals surface area contributed by atoms with Crippen molar-refractivity contribution in [2.45, 2.75) is 13.5 Å².